The van der Waals surface area contributed by atoms with Gasteiger partial charge in [0.2, 0.25) is 0 Å². The molecule has 0 bridgehead atoms. The van der Waals surface area contributed by atoms with Crippen LogP contribution < -0.4 is 10.1 Å². The molecule has 0 spiro atoms. The second-order valence-electron chi connectivity index (χ2n) is 6.46. The maximum atomic E-state index is 12.2. The van der Waals surface area contributed by atoms with E-state index in [9.17, 15) is 14.9 Å². The maximum absolute atomic E-state index is 12.2. The lowest BCUT2D eigenvalue weighted by atomic mass is 9.97. The molecule has 1 amide bonds. The normalized spacial score (nSPS) is 11.9. The van der Waals surface area contributed by atoms with Gasteiger partial charge in [0, 0.05) is 5.69 Å². The van der Waals surface area contributed by atoms with E-state index in [1.54, 1.807) is 31.4 Å². The lowest BCUT2D eigenvalue weighted by molar-refractivity contribution is -0.142. The average molecular weight is 392 g/mol. The number of nitrogens with one attached hydrogen (secondary N) is 1. The summed E-state index contributed by atoms with van der Waals surface area (Å²) in [5.74, 6) is -0.367. The Bertz CT molecular complexity index is 927. The summed E-state index contributed by atoms with van der Waals surface area (Å²) >= 11 is 0. The fraction of sp³-hybridized carbons (Fsp3) is 0.261. The zero-order chi connectivity index (χ0) is 21.2. The maximum Gasteiger partial charge on any atom is 0.349 e. The van der Waals surface area contributed by atoms with Gasteiger partial charge in [-0.15, -0.1) is 0 Å². The SMILES string of the molecule is CC[C@H](C)c1ccccc1NC(=O)COC(=O)/C(C#N)=C/c1ccc(OC)cc1. The molecule has 2 rings (SSSR count). The van der Waals surface area contributed by atoms with Crippen molar-refractivity contribution in [3.05, 3.63) is 65.2 Å². The molecular formula is C23H24N2O4. The molecule has 150 valence electrons. The van der Waals surface area contributed by atoms with Crippen LogP contribution in [0.3, 0.4) is 0 Å². The molecule has 1 atom stereocenters. The first-order valence-corrected chi connectivity index (χ1v) is 9.30. The van der Waals surface area contributed by atoms with Crippen molar-refractivity contribution in [2.45, 2.75) is 26.2 Å². The number of amides is 1. The molecule has 0 heterocycles. The van der Waals surface area contributed by atoms with Gasteiger partial charge in [0.25, 0.3) is 5.91 Å². The topological polar surface area (TPSA) is 88.4 Å². The highest BCUT2D eigenvalue weighted by atomic mass is 16.5. The molecule has 2 aromatic rings. The van der Waals surface area contributed by atoms with Gasteiger partial charge in [0.15, 0.2) is 6.61 Å². The van der Waals surface area contributed by atoms with Crippen molar-refractivity contribution in [3.8, 4) is 11.8 Å². The molecule has 2 aromatic carbocycles. The first-order chi connectivity index (χ1) is 14.0. The minimum absolute atomic E-state index is 0.192. The summed E-state index contributed by atoms with van der Waals surface area (Å²) in [5.41, 5.74) is 2.16. The largest absolute Gasteiger partial charge is 0.497 e. The predicted molar refractivity (Wildman–Crippen MR) is 111 cm³/mol. The third kappa shape index (κ3) is 6.22. The van der Waals surface area contributed by atoms with Crippen LogP contribution in [-0.4, -0.2) is 25.6 Å². The molecule has 0 aromatic heterocycles. The second kappa shape index (κ2) is 10.7. The van der Waals surface area contributed by atoms with E-state index in [0.29, 0.717) is 17.0 Å². The number of benzene rings is 2. The summed E-state index contributed by atoms with van der Waals surface area (Å²) in [6.45, 7) is 3.67. The number of nitriles is 1. The lowest BCUT2D eigenvalue weighted by Crippen LogP contribution is -2.22. The number of esters is 1. The standard InChI is InChI=1S/C23H24N2O4/c1-4-16(2)20-7-5-6-8-21(20)25-22(26)15-29-23(27)18(14-24)13-17-9-11-19(28-3)12-10-17/h5-13,16H,4,15H2,1-3H3,(H,25,26)/b18-13+/t16-/m0/s1. The van der Waals surface area contributed by atoms with Gasteiger partial charge >= 0.3 is 5.97 Å². The number of rotatable bonds is 8. The third-order valence-electron chi connectivity index (χ3n) is 4.48. The van der Waals surface area contributed by atoms with Crippen molar-refractivity contribution in [2.75, 3.05) is 19.0 Å². The van der Waals surface area contributed by atoms with Crippen LogP contribution in [0, 0.1) is 11.3 Å². The number of carbonyl (C=O) groups excluding carboxylic acids is 2. The summed E-state index contributed by atoms with van der Waals surface area (Å²) in [6, 6.07) is 16.2. The Labute approximate surface area is 170 Å². The van der Waals surface area contributed by atoms with Crippen LogP contribution in [0.25, 0.3) is 6.08 Å². The number of carbonyl (C=O) groups is 2. The number of hydrogen-bond acceptors (Lipinski definition) is 5. The minimum Gasteiger partial charge on any atom is -0.497 e. The van der Waals surface area contributed by atoms with Crippen LogP contribution in [-0.2, 0) is 14.3 Å². The minimum atomic E-state index is -0.853. The van der Waals surface area contributed by atoms with E-state index in [4.69, 9.17) is 9.47 Å². The number of anilines is 1. The van der Waals surface area contributed by atoms with Crippen LogP contribution >= 0.6 is 0 Å². The van der Waals surface area contributed by atoms with E-state index in [0.717, 1.165) is 12.0 Å². The number of ether oxygens (including phenoxy) is 2. The fourth-order valence-electron chi connectivity index (χ4n) is 2.66. The molecule has 29 heavy (non-hydrogen) atoms. The number of hydrogen-bond donors (Lipinski definition) is 1. The molecule has 6 heteroatoms. The Balaban J connectivity index is 1.99. The number of methoxy groups -OCH3 is 1. The van der Waals surface area contributed by atoms with Gasteiger partial charge in [0.05, 0.1) is 7.11 Å². The molecule has 0 saturated carbocycles. The van der Waals surface area contributed by atoms with Crippen LogP contribution in [0.15, 0.2) is 54.1 Å². The van der Waals surface area contributed by atoms with Gasteiger partial charge in [-0.25, -0.2) is 4.79 Å². The monoisotopic (exact) mass is 392 g/mol. The van der Waals surface area contributed by atoms with Crippen LogP contribution in [0.2, 0.25) is 0 Å². The molecule has 0 aliphatic heterocycles. The van der Waals surface area contributed by atoms with Gasteiger partial charge in [-0.2, -0.15) is 5.26 Å². The van der Waals surface area contributed by atoms with Crippen molar-refractivity contribution < 1.29 is 19.1 Å². The predicted octanol–water partition coefficient (Wildman–Crippen LogP) is 4.30. The Morgan fingerprint density at radius 2 is 1.86 bits per heavy atom. The highest BCUT2D eigenvalue weighted by Crippen LogP contribution is 2.26. The lowest BCUT2D eigenvalue weighted by Gasteiger charge is -2.15. The van der Waals surface area contributed by atoms with Gasteiger partial charge in [-0.1, -0.05) is 44.2 Å². The summed E-state index contributed by atoms with van der Waals surface area (Å²) in [7, 11) is 1.55. The average Bonchev–Trinajstić information content (AvgIpc) is 2.76. The van der Waals surface area contributed by atoms with Crippen LogP contribution in [0.5, 0.6) is 5.75 Å². The first kappa shape index (κ1) is 21.7. The van der Waals surface area contributed by atoms with Gasteiger partial charge in [-0.05, 0) is 47.7 Å². The van der Waals surface area contributed by atoms with Crippen molar-refractivity contribution >= 4 is 23.6 Å². The number of nitrogens with zero attached hydrogens (tertiary/aromatic N) is 1. The molecule has 0 aliphatic rings. The van der Waals surface area contributed by atoms with Gasteiger partial charge in [0.1, 0.15) is 17.4 Å². The molecule has 0 aliphatic carbocycles. The molecule has 0 saturated heterocycles. The molecule has 6 nitrogen and oxygen atoms in total. The fourth-order valence-corrected chi connectivity index (χ4v) is 2.66. The van der Waals surface area contributed by atoms with Crippen molar-refractivity contribution in [3.63, 3.8) is 0 Å². The quantitative estimate of drug-likeness (QED) is 0.411. The summed E-state index contributed by atoms with van der Waals surface area (Å²) in [4.78, 5) is 24.4. The second-order valence-corrected chi connectivity index (χ2v) is 6.46. The Hall–Kier alpha value is -3.59. The van der Waals surface area contributed by atoms with Crippen LogP contribution in [0.4, 0.5) is 5.69 Å². The zero-order valence-electron chi connectivity index (χ0n) is 16.8. The summed E-state index contributed by atoms with van der Waals surface area (Å²) in [5, 5.41) is 12.0. The van der Waals surface area contributed by atoms with Gasteiger partial charge in [-0.3, -0.25) is 4.79 Å². The molecular weight excluding hydrogens is 368 g/mol. The van der Waals surface area contributed by atoms with Gasteiger partial charge < -0.3 is 14.8 Å². The summed E-state index contributed by atoms with van der Waals surface area (Å²) < 4.78 is 10.1. The molecule has 0 radical (unpaired) electrons. The van der Waals surface area contributed by atoms with Crippen molar-refractivity contribution in [2.24, 2.45) is 0 Å². The zero-order valence-corrected chi connectivity index (χ0v) is 16.8. The third-order valence-corrected chi connectivity index (χ3v) is 4.48. The Morgan fingerprint density at radius 1 is 1.17 bits per heavy atom. The van der Waals surface area contributed by atoms with E-state index >= 15 is 0 Å². The molecule has 0 unspecified atom stereocenters. The van der Waals surface area contributed by atoms with Crippen molar-refractivity contribution in [1.29, 1.82) is 5.26 Å². The van der Waals surface area contributed by atoms with E-state index in [1.807, 2.05) is 30.3 Å². The molecule has 0 fully saturated rings. The first-order valence-electron chi connectivity index (χ1n) is 9.30. The molecule has 1 N–H and O–H groups in total. The smallest absolute Gasteiger partial charge is 0.349 e. The van der Waals surface area contributed by atoms with Crippen molar-refractivity contribution in [1.82, 2.24) is 0 Å². The Morgan fingerprint density at radius 3 is 2.48 bits per heavy atom. The number of para-hydroxylation sites is 1. The highest BCUT2D eigenvalue weighted by Gasteiger charge is 2.15. The Kier molecular flexibility index (Phi) is 7.99. The summed E-state index contributed by atoms with van der Waals surface area (Å²) in [6.07, 6.45) is 2.33. The highest BCUT2D eigenvalue weighted by molar-refractivity contribution is 6.00. The van der Waals surface area contributed by atoms with Crippen LogP contribution in [0.1, 0.15) is 37.3 Å². The van der Waals surface area contributed by atoms with E-state index in [-0.39, 0.29) is 11.5 Å². The van der Waals surface area contributed by atoms with E-state index in [1.165, 1.54) is 6.08 Å². The van der Waals surface area contributed by atoms with E-state index in [2.05, 4.69) is 19.2 Å². The van der Waals surface area contributed by atoms with E-state index < -0.39 is 18.5 Å².